The second-order valence-corrected chi connectivity index (χ2v) is 4.80. The number of esters is 1. The number of unbranched alkanes of at least 4 members (excludes halogenated alkanes) is 3. The summed E-state index contributed by atoms with van der Waals surface area (Å²) in [7, 11) is 0. The molecule has 1 saturated heterocycles. The maximum absolute atomic E-state index is 11.7. The van der Waals surface area contributed by atoms with Crippen LogP contribution in [0.2, 0.25) is 0 Å². The Kier molecular flexibility index (Phi) is 6.32. The molecule has 0 spiro atoms. The average molecular weight is 271 g/mol. The van der Waals surface area contributed by atoms with Crippen molar-refractivity contribution in [1.29, 1.82) is 0 Å². The molecule has 1 N–H and O–H groups in total. The number of aliphatic carboxylic acids is 1. The zero-order valence-corrected chi connectivity index (χ0v) is 11.3. The van der Waals surface area contributed by atoms with Gasteiger partial charge in [-0.1, -0.05) is 26.2 Å². The smallest absolute Gasteiger partial charge is 0.323 e. The molecule has 0 aromatic carbocycles. The summed E-state index contributed by atoms with van der Waals surface area (Å²) in [5, 5.41) is 8.63. The number of carbonyl (C=O) groups excluding carboxylic acids is 2. The van der Waals surface area contributed by atoms with Crippen LogP contribution in [0.4, 0.5) is 0 Å². The lowest BCUT2D eigenvalue weighted by atomic mass is 10.1. The fraction of sp³-hybridized carbons (Fsp3) is 0.769. The second-order valence-electron chi connectivity index (χ2n) is 4.80. The number of nitrogens with zero attached hydrogens (tertiary/aromatic N) is 1. The number of amides is 1. The summed E-state index contributed by atoms with van der Waals surface area (Å²) in [6.45, 7) is 2.29. The lowest BCUT2D eigenvalue weighted by molar-refractivity contribution is -0.148. The molecule has 1 amide bonds. The van der Waals surface area contributed by atoms with E-state index in [4.69, 9.17) is 9.84 Å². The predicted molar refractivity (Wildman–Crippen MR) is 67.4 cm³/mol. The maximum atomic E-state index is 11.7. The molecule has 0 radical (unpaired) electrons. The molecule has 19 heavy (non-hydrogen) atoms. The van der Waals surface area contributed by atoms with Crippen LogP contribution in [0.5, 0.6) is 0 Å². The van der Waals surface area contributed by atoms with Gasteiger partial charge in [0.15, 0.2) is 0 Å². The van der Waals surface area contributed by atoms with Crippen LogP contribution >= 0.6 is 0 Å². The van der Waals surface area contributed by atoms with Gasteiger partial charge in [0.2, 0.25) is 5.91 Å². The van der Waals surface area contributed by atoms with E-state index in [0.29, 0.717) is 6.61 Å². The van der Waals surface area contributed by atoms with E-state index in [1.807, 2.05) is 0 Å². The number of hydrogen-bond acceptors (Lipinski definition) is 4. The minimum atomic E-state index is -1.07. The number of hydrogen-bond donors (Lipinski definition) is 1. The van der Waals surface area contributed by atoms with Crippen molar-refractivity contribution in [1.82, 2.24) is 4.90 Å². The lowest BCUT2D eigenvalue weighted by Gasteiger charge is -2.13. The van der Waals surface area contributed by atoms with Crippen LogP contribution in [0.15, 0.2) is 0 Å². The van der Waals surface area contributed by atoms with Gasteiger partial charge in [0, 0.05) is 13.0 Å². The zero-order chi connectivity index (χ0) is 14.3. The molecular weight excluding hydrogens is 250 g/mol. The van der Waals surface area contributed by atoms with Crippen molar-refractivity contribution in [3.8, 4) is 0 Å². The number of carboxylic acid groups (broad SMARTS) is 1. The van der Waals surface area contributed by atoms with Gasteiger partial charge in [-0.25, -0.2) is 0 Å². The summed E-state index contributed by atoms with van der Waals surface area (Å²) < 4.78 is 5.11. The predicted octanol–water partition coefficient (Wildman–Crippen LogP) is 1.04. The van der Waals surface area contributed by atoms with Crippen LogP contribution in [0, 0.1) is 5.92 Å². The topological polar surface area (TPSA) is 83.9 Å². The maximum Gasteiger partial charge on any atom is 0.323 e. The van der Waals surface area contributed by atoms with Crippen LogP contribution in [0.3, 0.4) is 0 Å². The summed E-state index contributed by atoms with van der Waals surface area (Å²) in [4.78, 5) is 34.9. The molecule has 1 atom stereocenters. The van der Waals surface area contributed by atoms with E-state index in [0.717, 1.165) is 25.7 Å². The summed E-state index contributed by atoms with van der Waals surface area (Å²) in [5.74, 6) is -2.27. The van der Waals surface area contributed by atoms with Gasteiger partial charge in [-0.05, 0) is 6.42 Å². The molecule has 6 nitrogen and oxygen atoms in total. The Balaban J connectivity index is 2.27. The van der Waals surface area contributed by atoms with E-state index < -0.39 is 17.9 Å². The van der Waals surface area contributed by atoms with Gasteiger partial charge in [-0.15, -0.1) is 0 Å². The third kappa shape index (κ3) is 5.28. The van der Waals surface area contributed by atoms with Gasteiger partial charge < -0.3 is 14.7 Å². The van der Waals surface area contributed by atoms with Crippen LogP contribution in [0.25, 0.3) is 0 Å². The first-order valence-electron chi connectivity index (χ1n) is 6.70. The van der Waals surface area contributed by atoms with E-state index >= 15 is 0 Å². The Labute approximate surface area is 112 Å². The lowest BCUT2D eigenvalue weighted by Crippen LogP contribution is -2.32. The van der Waals surface area contributed by atoms with Gasteiger partial charge in [-0.3, -0.25) is 14.4 Å². The fourth-order valence-corrected chi connectivity index (χ4v) is 2.07. The largest absolute Gasteiger partial charge is 0.480 e. The Hall–Kier alpha value is -1.59. The highest BCUT2D eigenvalue weighted by atomic mass is 16.5. The highest BCUT2D eigenvalue weighted by Gasteiger charge is 2.36. The first kappa shape index (κ1) is 15.5. The number of rotatable bonds is 8. The summed E-state index contributed by atoms with van der Waals surface area (Å²) in [6, 6.07) is 0. The van der Waals surface area contributed by atoms with Gasteiger partial charge in [-0.2, -0.15) is 0 Å². The number of ether oxygens (including phenoxy) is 1. The van der Waals surface area contributed by atoms with Crippen molar-refractivity contribution in [2.24, 2.45) is 5.92 Å². The Morgan fingerprint density at radius 3 is 2.74 bits per heavy atom. The van der Waals surface area contributed by atoms with Gasteiger partial charge in [0.1, 0.15) is 6.54 Å². The number of carbonyl (C=O) groups is 3. The molecule has 1 aliphatic rings. The van der Waals surface area contributed by atoms with Crippen molar-refractivity contribution < 1.29 is 24.2 Å². The SMILES string of the molecule is CCCCCCOC(=O)C1CC(=O)N(CC(=O)O)C1. The molecule has 1 rings (SSSR count). The Morgan fingerprint density at radius 2 is 2.11 bits per heavy atom. The molecule has 6 heteroatoms. The minimum absolute atomic E-state index is 0.0566. The molecule has 1 heterocycles. The monoisotopic (exact) mass is 271 g/mol. The third-order valence-corrected chi connectivity index (χ3v) is 3.12. The first-order valence-corrected chi connectivity index (χ1v) is 6.70. The third-order valence-electron chi connectivity index (χ3n) is 3.12. The average Bonchev–Trinajstić information content (AvgIpc) is 2.70. The quantitative estimate of drug-likeness (QED) is 0.527. The highest BCUT2D eigenvalue weighted by molar-refractivity contribution is 5.88. The zero-order valence-electron chi connectivity index (χ0n) is 11.3. The Bertz CT molecular complexity index is 342. The normalized spacial score (nSPS) is 18.7. The summed E-state index contributed by atoms with van der Waals surface area (Å²) in [5.41, 5.74) is 0. The van der Waals surface area contributed by atoms with Crippen molar-refractivity contribution in [2.45, 2.75) is 39.0 Å². The molecule has 0 saturated carbocycles. The van der Waals surface area contributed by atoms with Gasteiger partial charge >= 0.3 is 11.9 Å². The van der Waals surface area contributed by atoms with Crippen molar-refractivity contribution in [2.75, 3.05) is 19.7 Å². The minimum Gasteiger partial charge on any atom is -0.480 e. The van der Waals surface area contributed by atoms with Crippen molar-refractivity contribution in [3.05, 3.63) is 0 Å². The van der Waals surface area contributed by atoms with Crippen molar-refractivity contribution in [3.63, 3.8) is 0 Å². The number of likely N-dealkylation sites (tertiary alicyclic amines) is 1. The molecule has 0 aromatic rings. The van der Waals surface area contributed by atoms with Crippen LogP contribution in [-0.4, -0.2) is 47.5 Å². The molecule has 1 aliphatic heterocycles. The van der Waals surface area contributed by atoms with E-state index in [1.165, 1.54) is 4.90 Å². The molecule has 1 fully saturated rings. The molecule has 0 bridgehead atoms. The molecule has 0 aromatic heterocycles. The second kappa shape index (κ2) is 7.76. The van der Waals surface area contributed by atoms with Crippen LogP contribution in [-0.2, 0) is 19.1 Å². The molecule has 0 aliphatic carbocycles. The van der Waals surface area contributed by atoms with E-state index in [1.54, 1.807) is 0 Å². The highest BCUT2D eigenvalue weighted by Crippen LogP contribution is 2.19. The van der Waals surface area contributed by atoms with Gasteiger partial charge in [0.25, 0.3) is 0 Å². The Morgan fingerprint density at radius 1 is 1.37 bits per heavy atom. The van der Waals surface area contributed by atoms with Gasteiger partial charge in [0.05, 0.1) is 12.5 Å². The molecule has 108 valence electrons. The fourth-order valence-electron chi connectivity index (χ4n) is 2.07. The molecular formula is C13H21NO5. The van der Waals surface area contributed by atoms with Crippen LogP contribution in [0.1, 0.15) is 39.0 Å². The summed E-state index contributed by atoms with van der Waals surface area (Å²) in [6.07, 6.45) is 4.15. The standard InChI is InChI=1S/C13H21NO5/c1-2-3-4-5-6-19-13(18)10-7-11(15)14(8-10)9-12(16)17/h10H,2-9H2,1H3,(H,16,17). The van der Waals surface area contributed by atoms with E-state index in [-0.39, 0.29) is 25.4 Å². The van der Waals surface area contributed by atoms with Crippen molar-refractivity contribution >= 4 is 17.8 Å². The molecule has 1 unspecified atom stereocenters. The first-order chi connectivity index (χ1) is 9.04. The van der Waals surface area contributed by atoms with Crippen LogP contribution < -0.4 is 0 Å². The van der Waals surface area contributed by atoms with E-state index in [9.17, 15) is 14.4 Å². The number of carboxylic acids is 1. The van der Waals surface area contributed by atoms with E-state index in [2.05, 4.69) is 6.92 Å². The summed E-state index contributed by atoms with van der Waals surface area (Å²) >= 11 is 0.